The Balaban J connectivity index is 1.38. The number of anilines is 1. The first-order valence-corrected chi connectivity index (χ1v) is 8.48. The zero-order valence-corrected chi connectivity index (χ0v) is 12.9. The monoisotopic (exact) mass is 290 g/mol. The molecule has 0 amide bonds. The van der Waals surface area contributed by atoms with E-state index in [9.17, 15) is 4.39 Å². The Morgan fingerprint density at radius 2 is 1.62 bits per heavy atom. The van der Waals surface area contributed by atoms with Gasteiger partial charge >= 0.3 is 0 Å². The number of benzene rings is 1. The van der Waals surface area contributed by atoms with Crippen LogP contribution in [-0.2, 0) is 0 Å². The van der Waals surface area contributed by atoms with Crippen LogP contribution in [-0.4, -0.2) is 31.1 Å². The number of nitrogens with zero attached hydrogens (tertiary/aromatic N) is 1. The van der Waals surface area contributed by atoms with E-state index in [1.807, 2.05) is 12.1 Å². The van der Waals surface area contributed by atoms with Crippen LogP contribution in [0.15, 0.2) is 24.3 Å². The van der Waals surface area contributed by atoms with Crippen molar-refractivity contribution in [2.24, 2.45) is 5.41 Å². The summed E-state index contributed by atoms with van der Waals surface area (Å²) in [6.07, 6.45) is 10.1. The molecule has 0 radical (unpaired) electrons. The summed E-state index contributed by atoms with van der Waals surface area (Å²) in [5.74, 6) is -0.172. The van der Waals surface area contributed by atoms with E-state index >= 15 is 0 Å². The van der Waals surface area contributed by atoms with E-state index in [-0.39, 0.29) is 5.82 Å². The Morgan fingerprint density at radius 3 is 2.29 bits per heavy atom. The fraction of sp³-hybridized carbons (Fsp3) is 0.667. The van der Waals surface area contributed by atoms with Crippen molar-refractivity contribution in [1.82, 2.24) is 4.90 Å². The normalized spacial score (nSPS) is 22.3. The average molecular weight is 290 g/mol. The molecule has 0 unspecified atom stereocenters. The first kappa shape index (κ1) is 14.8. The minimum atomic E-state index is -0.172. The molecule has 1 saturated heterocycles. The highest BCUT2D eigenvalue weighted by molar-refractivity contribution is 5.42. The van der Waals surface area contributed by atoms with E-state index in [2.05, 4.69) is 10.2 Å². The molecule has 1 spiro atoms. The third-order valence-electron chi connectivity index (χ3n) is 5.43. The summed E-state index contributed by atoms with van der Waals surface area (Å²) >= 11 is 0. The molecule has 21 heavy (non-hydrogen) atoms. The number of rotatable bonds is 4. The molecule has 0 bridgehead atoms. The Labute approximate surface area is 127 Å². The highest BCUT2D eigenvalue weighted by atomic mass is 19.1. The number of likely N-dealkylation sites (tertiary alicyclic amines) is 1. The maximum atomic E-state index is 12.8. The van der Waals surface area contributed by atoms with Gasteiger partial charge in [-0.15, -0.1) is 0 Å². The van der Waals surface area contributed by atoms with Gasteiger partial charge in [0.25, 0.3) is 0 Å². The molecule has 0 aromatic heterocycles. The molecule has 2 aliphatic rings. The molecule has 3 rings (SSSR count). The van der Waals surface area contributed by atoms with Gasteiger partial charge < -0.3 is 10.2 Å². The molecule has 1 aromatic carbocycles. The Bertz CT molecular complexity index is 427. The lowest BCUT2D eigenvalue weighted by Crippen LogP contribution is -2.42. The van der Waals surface area contributed by atoms with Gasteiger partial charge in [0, 0.05) is 18.8 Å². The van der Waals surface area contributed by atoms with Gasteiger partial charge in [0.1, 0.15) is 5.82 Å². The lowest BCUT2D eigenvalue weighted by Gasteiger charge is -2.44. The fourth-order valence-electron chi connectivity index (χ4n) is 3.98. The fourth-order valence-corrected chi connectivity index (χ4v) is 3.98. The minimum absolute atomic E-state index is 0.172. The van der Waals surface area contributed by atoms with Crippen LogP contribution >= 0.6 is 0 Å². The SMILES string of the molecule is Fc1ccc(NCCN2CCC3(CCCCC3)CC2)cc1. The predicted molar refractivity (Wildman–Crippen MR) is 86.1 cm³/mol. The predicted octanol–water partition coefficient (Wildman–Crippen LogP) is 4.28. The number of nitrogens with one attached hydrogen (secondary N) is 1. The zero-order chi connectivity index (χ0) is 14.5. The molecule has 2 nitrogen and oxygen atoms in total. The molecule has 1 aromatic rings. The molecule has 1 saturated carbocycles. The minimum Gasteiger partial charge on any atom is -0.384 e. The van der Waals surface area contributed by atoms with Crippen LogP contribution < -0.4 is 5.32 Å². The summed E-state index contributed by atoms with van der Waals surface area (Å²) in [5.41, 5.74) is 1.70. The molecule has 1 aliphatic heterocycles. The smallest absolute Gasteiger partial charge is 0.123 e. The van der Waals surface area contributed by atoms with E-state index in [0.717, 1.165) is 18.8 Å². The molecule has 0 atom stereocenters. The van der Waals surface area contributed by atoms with Gasteiger partial charge in [-0.05, 0) is 68.5 Å². The Kier molecular flexibility index (Phi) is 4.79. The van der Waals surface area contributed by atoms with Crippen molar-refractivity contribution in [2.45, 2.75) is 44.9 Å². The van der Waals surface area contributed by atoms with Crippen LogP contribution in [0.4, 0.5) is 10.1 Å². The van der Waals surface area contributed by atoms with Gasteiger partial charge in [-0.2, -0.15) is 0 Å². The van der Waals surface area contributed by atoms with Gasteiger partial charge in [0.05, 0.1) is 0 Å². The molecular weight excluding hydrogens is 263 g/mol. The van der Waals surface area contributed by atoms with E-state index < -0.39 is 0 Å². The Morgan fingerprint density at radius 1 is 0.952 bits per heavy atom. The van der Waals surface area contributed by atoms with Gasteiger partial charge in [0.15, 0.2) is 0 Å². The zero-order valence-electron chi connectivity index (χ0n) is 12.9. The van der Waals surface area contributed by atoms with Crippen LogP contribution in [0.2, 0.25) is 0 Å². The van der Waals surface area contributed by atoms with Crippen molar-refractivity contribution in [2.75, 3.05) is 31.5 Å². The molecule has 2 fully saturated rings. The third-order valence-corrected chi connectivity index (χ3v) is 5.43. The first-order valence-electron chi connectivity index (χ1n) is 8.48. The van der Waals surface area contributed by atoms with Crippen LogP contribution in [0.3, 0.4) is 0 Å². The van der Waals surface area contributed by atoms with E-state index in [0.29, 0.717) is 5.41 Å². The summed E-state index contributed by atoms with van der Waals surface area (Å²) in [5, 5.41) is 3.38. The molecule has 3 heteroatoms. The summed E-state index contributed by atoms with van der Waals surface area (Å²) in [7, 11) is 0. The maximum absolute atomic E-state index is 12.8. The van der Waals surface area contributed by atoms with E-state index in [4.69, 9.17) is 0 Å². The van der Waals surface area contributed by atoms with Crippen LogP contribution in [0.1, 0.15) is 44.9 Å². The first-order chi connectivity index (χ1) is 10.3. The topological polar surface area (TPSA) is 15.3 Å². The van der Waals surface area contributed by atoms with E-state index in [1.54, 1.807) is 0 Å². The number of halogens is 1. The molecule has 116 valence electrons. The van der Waals surface area contributed by atoms with Crippen molar-refractivity contribution in [3.05, 3.63) is 30.1 Å². The second-order valence-electron chi connectivity index (χ2n) is 6.84. The number of hydrogen-bond donors (Lipinski definition) is 1. The van der Waals surface area contributed by atoms with Crippen molar-refractivity contribution in [3.8, 4) is 0 Å². The Hall–Kier alpha value is -1.09. The van der Waals surface area contributed by atoms with Crippen LogP contribution in [0.5, 0.6) is 0 Å². The van der Waals surface area contributed by atoms with Crippen molar-refractivity contribution in [3.63, 3.8) is 0 Å². The summed E-state index contributed by atoms with van der Waals surface area (Å²) < 4.78 is 12.8. The largest absolute Gasteiger partial charge is 0.384 e. The second kappa shape index (κ2) is 6.78. The number of piperidine rings is 1. The van der Waals surface area contributed by atoms with E-state index in [1.165, 1.54) is 70.2 Å². The summed E-state index contributed by atoms with van der Waals surface area (Å²) in [6, 6.07) is 6.64. The van der Waals surface area contributed by atoms with Gasteiger partial charge in [-0.25, -0.2) is 4.39 Å². The van der Waals surface area contributed by atoms with Crippen LogP contribution in [0, 0.1) is 11.2 Å². The lowest BCUT2D eigenvalue weighted by atomic mass is 9.68. The highest BCUT2D eigenvalue weighted by Crippen LogP contribution is 2.44. The second-order valence-corrected chi connectivity index (χ2v) is 6.84. The molecule has 1 aliphatic carbocycles. The third kappa shape index (κ3) is 3.97. The lowest BCUT2D eigenvalue weighted by molar-refractivity contribution is 0.0699. The van der Waals surface area contributed by atoms with Gasteiger partial charge in [-0.1, -0.05) is 19.3 Å². The van der Waals surface area contributed by atoms with Gasteiger partial charge in [0.2, 0.25) is 0 Å². The van der Waals surface area contributed by atoms with Crippen molar-refractivity contribution in [1.29, 1.82) is 0 Å². The summed E-state index contributed by atoms with van der Waals surface area (Å²) in [4.78, 5) is 2.58. The van der Waals surface area contributed by atoms with Crippen molar-refractivity contribution < 1.29 is 4.39 Å². The van der Waals surface area contributed by atoms with Crippen molar-refractivity contribution >= 4 is 5.69 Å². The van der Waals surface area contributed by atoms with Gasteiger partial charge in [-0.3, -0.25) is 0 Å². The average Bonchev–Trinajstić information content (AvgIpc) is 2.52. The highest BCUT2D eigenvalue weighted by Gasteiger charge is 2.35. The maximum Gasteiger partial charge on any atom is 0.123 e. The molecular formula is C18H27FN2. The summed E-state index contributed by atoms with van der Waals surface area (Å²) in [6.45, 7) is 4.54. The molecule has 1 N–H and O–H groups in total. The molecule has 1 heterocycles. The quantitative estimate of drug-likeness (QED) is 0.890. The standard InChI is InChI=1S/C18H27FN2/c19-16-4-6-17(7-5-16)20-12-15-21-13-10-18(11-14-21)8-2-1-3-9-18/h4-7,20H,1-3,8-15H2. The number of hydrogen-bond acceptors (Lipinski definition) is 2. The van der Waals surface area contributed by atoms with Crippen LogP contribution in [0.25, 0.3) is 0 Å².